The molecule has 30 heavy (non-hydrogen) atoms. The zero-order valence-corrected chi connectivity index (χ0v) is 18.2. The lowest BCUT2D eigenvalue weighted by Gasteiger charge is -2.16. The Kier molecular flexibility index (Phi) is 6.95. The minimum Gasteiger partial charge on any atom is -0.493 e. The molecule has 0 aliphatic carbocycles. The molecule has 1 aromatic heterocycles. The topological polar surface area (TPSA) is 72.7 Å². The monoisotopic (exact) mass is 407 g/mol. The lowest BCUT2D eigenvalue weighted by molar-refractivity contribution is 0.351. The number of aryl methyl sites for hydroxylation is 2. The summed E-state index contributed by atoms with van der Waals surface area (Å²) in [6.45, 7) is 5.23. The number of guanidine groups is 1. The van der Waals surface area contributed by atoms with Crippen molar-refractivity contribution in [2.24, 2.45) is 4.99 Å². The molecule has 0 spiro atoms. The highest BCUT2D eigenvalue weighted by atomic mass is 16.5. The maximum atomic E-state index is 5.51. The molecule has 2 aromatic carbocycles. The Morgan fingerprint density at radius 1 is 0.967 bits per heavy atom. The van der Waals surface area contributed by atoms with Crippen LogP contribution in [-0.4, -0.2) is 37.0 Å². The molecule has 2 N–H and O–H groups in total. The van der Waals surface area contributed by atoms with Crippen LogP contribution in [-0.2, 0) is 13.1 Å². The van der Waals surface area contributed by atoms with Crippen molar-refractivity contribution in [2.75, 3.05) is 21.3 Å². The molecule has 3 aromatic rings. The fourth-order valence-corrected chi connectivity index (χ4v) is 3.41. The van der Waals surface area contributed by atoms with Crippen molar-refractivity contribution in [1.82, 2.24) is 20.4 Å². The van der Waals surface area contributed by atoms with Gasteiger partial charge in [-0.15, -0.1) is 0 Å². The molecule has 1 heterocycles. The van der Waals surface area contributed by atoms with E-state index in [1.165, 1.54) is 0 Å². The smallest absolute Gasteiger partial charge is 0.191 e. The number of benzene rings is 2. The van der Waals surface area contributed by atoms with E-state index in [-0.39, 0.29) is 0 Å². The highest BCUT2D eigenvalue weighted by Crippen LogP contribution is 2.30. The van der Waals surface area contributed by atoms with E-state index in [1.54, 1.807) is 21.3 Å². The minimum atomic E-state index is 0.555. The Labute approximate surface area is 177 Å². The minimum absolute atomic E-state index is 0.555. The molecule has 0 radical (unpaired) electrons. The van der Waals surface area contributed by atoms with Crippen molar-refractivity contribution in [3.8, 4) is 17.2 Å². The van der Waals surface area contributed by atoms with Crippen LogP contribution in [0.3, 0.4) is 0 Å². The normalized spacial score (nSPS) is 11.3. The van der Waals surface area contributed by atoms with Crippen LogP contribution in [0, 0.1) is 13.8 Å². The molecular formula is C23H29N5O2. The molecule has 0 amide bonds. The van der Waals surface area contributed by atoms with Gasteiger partial charge in [0, 0.05) is 31.4 Å². The van der Waals surface area contributed by atoms with Gasteiger partial charge in [0.25, 0.3) is 0 Å². The number of nitrogens with zero attached hydrogens (tertiary/aromatic N) is 3. The molecule has 0 atom stereocenters. The van der Waals surface area contributed by atoms with E-state index in [2.05, 4.69) is 45.8 Å². The number of aliphatic imine (C=N–C) groups is 1. The van der Waals surface area contributed by atoms with E-state index >= 15 is 0 Å². The quantitative estimate of drug-likeness (QED) is 0.464. The van der Waals surface area contributed by atoms with Crippen LogP contribution < -0.4 is 20.1 Å². The van der Waals surface area contributed by atoms with Gasteiger partial charge in [-0.1, -0.05) is 30.3 Å². The summed E-state index contributed by atoms with van der Waals surface area (Å²) in [6.07, 6.45) is 0. The molecule has 0 fully saturated rings. The maximum absolute atomic E-state index is 5.51. The first-order valence-corrected chi connectivity index (χ1v) is 9.83. The van der Waals surface area contributed by atoms with Crippen LogP contribution in [0.1, 0.15) is 22.5 Å². The summed E-state index contributed by atoms with van der Waals surface area (Å²) in [6, 6.07) is 16.1. The molecule has 3 rings (SSSR count). The summed E-state index contributed by atoms with van der Waals surface area (Å²) in [5, 5.41) is 11.3. The average Bonchev–Trinajstić information content (AvgIpc) is 3.11. The fraction of sp³-hybridized carbons (Fsp3) is 0.304. The Morgan fingerprint density at radius 3 is 2.30 bits per heavy atom. The summed E-state index contributed by atoms with van der Waals surface area (Å²) >= 11 is 0. The first-order chi connectivity index (χ1) is 14.6. The predicted octanol–water partition coefficient (Wildman–Crippen LogP) is 3.37. The Bertz CT molecular complexity index is 1030. The van der Waals surface area contributed by atoms with Crippen LogP contribution in [0.5, 0.6) is 11.5 Å². The van der Waals surface area contributed by atoms with Crippen LogP contribution in [0.2, 0.25) is 0 Å². The van der Waals surface area contributed by atoms with Crippen LogP contribution in [0.25, 0.3) is 5.69 Å². The van der Waals surface area contributed by atoms with Crippen LogP contribution in [0.15, 0.2) is 53.5 Å². The Hall–Kier alpha value is -3.48. The zero-order valence-electron chi connectivity index (χ0n) is 18.2. The maximum Gasteiger partial charge on any atom is 0.191 e. The molecule has 0 bridgehead atoms. The molecule has 0 unspecified atom stereocenters. The second kappa shape index (κ2) is 9.82. The summed E-state index contributed by atoms with van der Waals surface area (Å²) in [4.78, 5) is 4.34. The lowest BCUT2D eigenvalue weighted by Crippen LogP contribution is -2.36. The molecule has 0 aliphatic heterocycles. The van der Waals surface area contributed by atoms with Crippen molar-refractivity contribution >= 4 is 5.96 Å². The van der Waals surface area contributed by atoms with Gasteiger partial charge in [0.2, 0.25) is 0 Å². The van der Waals surface area contributed by atoms with E-state index in [0.29, 0.717) is 24.8 Å². The van der Waals surface area contributed by atoms with E-state index < -0.39 is 0 Å². The van der Waals surface area contributed by atoms with Gasteiger partial charge in [0.1, 0.15) is 0 Å². The number of hydrogen-bond acceptors (Lipinski definition) is 4. The summed E-state index contributed by atoms with van der Waals surface area (Å²) in [7, 11) is 5.03. The average molecular weight is 408 g/mol. The Balaban J connectivity index is 1.70. The number of hydrogen-bond donors (Lipinski definition) is 2. The van der Waals surface area contributed by atoms with E-state index in [1.807, 2.05) is 41.9 Å². The molecule has 0 aliphatic rings. The van der Waals surface area contributed by atoms with Gasteiger partial charge >= 0.3 is 0 Å². The standard InChI is InChI=1S/C23H29N5O2/c1-16-13-17(2)28(27-16)20-11-7-6-9-18(20)14-25-23(24-3)26-15-19-10-8-12-21(29-4)22(19)30-5/h6-13H,14-15H2,1-5H3,(H2,24,25,26). The van der Waals surface area contributed by atoms with Crippen LogP contribution >= 0.6 is 0 Å². The van der Waals surface area contributed by atoms with Gasteiger partial charge in [-0.25, -0.2) is 4.68 Å². The molecule has 7 heteroatoms. The van der Waals surface area contributed by atoms with Crippen molar-refractivity contribution in [3.05, 3.63) is 71.0 Å². The van der Waals surface area contributed by atoms with E-state index in [9.17, 15) is 0 Å². The predicted molar refractivity (Wildman–Crippen MR) is 120 cm³/mol. The number of ether oxygens (including phenoxy) is 2. The van der Waals surface area contributed by atoms with Gasteiger partial charge in [0.05, 0.1) is 25.6 Å². The first-order valence-electron chi connectivity index (χ1n) is 9.83. The SMILES string of the molecule is CN=C(NCc1ccccc1-n1nc(C)cc1C)NCc1cccc(OC)c1OC. The third-order valence-electron chi connectivity index (χ3n) is 4.83. The third kappa shape index (κ3) is 4.74. The van der Waals surface area contributed by atoms with Crippen molar-refractivity contribution in [3.63, 3.8) is 0 Å². The highest BCUT2D eigenvalue weighted by Gasteiger charge is 2.11. The zero-order chi connectivity index (χ0) is 21.5. The molecule has 158 valence electrons. The third-order valence-corrected chi connectivity index (χ3v) is 4.83. The number of rotatable bonds is 7. The second-order valence-corrected chi connectivity index (χ2v) is 6.90. The molecule has 7 nitrogen and oxygen atoms in total. The van der Waals surface area contributed by atoms with Crippen molar-refractivity contribution in [2.45, 2.75) is 26.9 Å². The van der Waals surface area contributed by atoms with E-state index in [0.717, 1.165) is 34.0 Å². The van der Waals surface area contributed by atoms with Crippen LogP contribution in [0.4, 0.5) is 0 Å². The van der Waals surface area contributed by atoms with Crippen molar-refractivity contribution < 1.29 is 9.47 Å². The summed E-state index contributed by atoms with van der Waals surface area (Å²) in [5.74, 6) is 2.12. The second-order valence-electron chi connectivity index (χ2n) is 6.90. The fourth-order valence-electron chi connectivity index (χ4n) is 3.41. The van der Waals surface area contributed by atoms with Gasteiger partial charge in [-0.05, 0) is 37.6 Å². The summed E-state index contributed by atoms with van der Waals surface area (Å²) < 4.78 is 12.9. The summed E-state index contributed by atoms with van der Waals surface area (Å²) in [5.41, 5.74) is 5.28. The lowest BCUT2D eigenvalue weighted by atomic mass is 10.1. The highest BCUT2D eigenvalue weighted by molar-refractivity contribution is 5.79. The van der Waals surface area contributed by atoms with Gasteiger partial charge < -0.3 is 20.1 Å². The number of para-hydroxylation sites is 2. The van der Waals surface area contributed by atoms with Gasteiger partial charge in [-0.3, -0.25) is 4.99 Å². The Morgan fingerprint density at radius 2 is 1.67 bits per heavy atom. The van der Waals surface area contributed by atoms with Crippen molar-refractivity contribution in [1.29, 1.82) is 0 Å². The number of nitrogens with one attached hydrogen (secondary N) is 2. The van der Waals surface area contributed by atoms with Gasteiger partial charge in [0.15, 0.2) is 17.5 Å². The van der Waals surface area contributed by atoms with Gasteiger partial charge in [-0.2, -0.15) is 5.10 Å². The van der Waals surface area contributed by atoms with E-state index in [4.69, 9.17) is 9.47 Å². The number of aromatic nitrogens is 2. The molecular weight excluding hydrogens is 378 g/mol. The first kappa shape index (κ1) is 21.2. The largest absolute Gasteiger partial charge is 0.493 e. The molecule has 0 saturated heterocycles. The molecule has 0 saturated carbocycles. The number of methoxy groups -OCH3 is 2.